The summed E-state index contributed by atoms with van der Waals surface area (Å²) in [6.07, 6.45) is 3.00. The molecule has 7 heteroatoms. The van der Waals surface area contributed by atoms with Crippen molar-refractivity contribution in [2.45, 2.75) is 39.7 Å². The molecule has 0 bridgehead atoms. The standard InChI is InChI=1S/C22H32N6.HI/c1-6-23-22(27(4)14-18-15-28(5)26-21(18)16(2)3)24-12-11-19-13-17-9-7-8-10-20(17)25-19;/h7-10,13,15-16,25H,6,11-12,14H2,1-5H3,(H,23,24);1H. The third-order valence-corrected chi connectivity index (χ3v) is 4.82. The van der Waals surface area contributed by atoms with Crippen LogP contribution < -0.4 is 5.32 Å². The first-order valence-electron chi connectivity index (χ1n) is 10.1. The van der Waals surface area contributed by atoms with Crippen LogP contribution in [0.15, 0.2) is 41.5 Å². The fourth-order valence-corrected chi connectivity index (χ4v) is 3.51. The van der Waals surface area contributed by atoms with Gasteiger partial charge in [-0.15, -0.1) is 24.0 Å². The lowest BCUT2D eigenvalue weighted by Crippen LogP contribution is -2.38. The number of benzene rings is 1. The maximum absolute atomic E-state index is 4.84. The van der Waals surface area contributed by atoms with E-state index < -0.39 is 0 Å². The van der Waals surface area contributed by atoms with Crippen LogP contribution in [-0.2, 0) is 20.0 Å². The molecule has 0 atom stereocenters. The van der Waals surface area contributed by atoms with Crippen LogP contribution >= 0.6 is 24.0 Å². The highest BCUT2D eigenvalue weighted by Gasteiger charge is 2.15. The van der Waals surface area contributed by atoms with Gasteiger partial charge in [0.25, 0.3) is 0 Å². The zero-order chi connectivity index (χ0) is 20.1. The summed E-state index contributed by atoms with van der Waals surface area (Å²) in [5.41, 5.74) is 4.81. The SMILES string of the molecule is CCNC(=NCCc1cc2ccccc2[nH]1)N(C)Cc1cn(C)nc1C(C)C.I. The van der Waals surface area contributed by atoms with E-state index in [9.17, 15) is 0 Å². The average molecular weight is 508 g/mol. The van der Waals surface area contributed by atoms with Crippen molar-refractivity contribution < 1.29 is 0 Å². The molecule has 0 saturated carbocycles. The van der Waals surface area contributed by atoms with E-state index in [2.05, 4.69) is 84.6 Å². The van der Waals surface area contributed by atoms with Crippen molar-refractivity contribution in [2.75, 3.05) is 20.1 Å². The predicted octanol–water partition coefficient (Wildman–Crippen LogP) is 4.28. The lowest BCUT2D eigenvalue weighted by Gasteiger charge is -2.22. The first kappa shape index (κ1) is 23.3. The Labute approximate surface area is 190 Å². The van der Waals surface area contributed by atoms with E-state index in [0.29, 0.717) is 5.92 Å². The fourth-order valence-electron chi connectivity index (χ4n) is 3.51. The Balaban J connectivity index is 0.00000300. The number of aromatic nitrogens is 3. The Kier molecular flexibility index (Phi) is 8.55. The second-order valence-corrected chi connectivity index (χ2v) is 7.59. The van der Waals surface area contributed by atoms with Crippen molar-refractivity contribution >= 4 is 40.8 Å². The van der Waals surface area contributed by atoms with E-state index in [1.165, 1.54) is 22.2 Å². The molecule has 3 aromatic rings. The summed E-state index contributed by atoms with van der Waals surface area (Å²) in [7, 11) is 4.07. The van der Waals surface area contributed by atoms with Crippen molar-refractivity contribution in [1.29, 1.82) is 0 Å². The number of nitrogens with one attached hydrogen (secondary N) is 2. The Morgan fingerprint density at radius 3 is 2.76 bits per heavy atom. The zero-order valence-corrected chi connectivity index (χ0v) is 20.4. The smallest absolute Gasteiger partial charge is 0.193 e. The molecule has 0 radical (unpaired) electrons. The van der Waals surface area contributed by atoms with Gasteiger partial charge in [0.1, 0.15) is 0 Å². The number of hydrogen-bond donors (Lipinski definition) is 2. The fraction of sp³-hybridized carbons (Fsp3) is 0.455. The third-order valence-electron chi connectivity index (χ3n) is 4.82. The summed E-state index contributed by atoms with van der Waals surface area (Å²) >= 11 is 0. The molecule has 0 fully saturated rings. The van der Waals surface area contributed by atoms with Crippen LogP contribution in [0.1, 0.15) is 43.6 Å². The summed E-state index contributed by atoms with van der Waals surface area (Å²) < 4.78 is 1.90. The molecular formula is C22H33IN6. The van der Waals surface area contributed by atoms with E-state index in [1.54, 1.807) is 0 Å². The van der Waals surface area contributed by atoms with E-state index in [0.717, 1.165) is 37.7 Å². The number of rotatable bonds is 7. The molecule has 3 rings (SSSR count). The van der Waals surface area contributed by atoms with Crippen LogP contribution in [0.4, 0.5) is 0 Å². The molecule has 0 aliphatic carbocycles. The number of guanidine groups is 1. The number of aromatic amines is 1. The maximum atomic E-state index is 4.84. The van der Waals surface area contributed by atoms with Crippen LogP contribution in [0.3, 0.4) is 0 Å². The number of fused-ring (bicyclic) bond motifs is 1. The lowest BCUT2D eigenvalue weighted by atomic mass is 10.1. The van der Waals surface area contributed by atoms with Gasteiger partial charge in [-0.25, -0.2) is 0 Å². The lowest BCUT2D eigenvalue weighted by molar-refractivity contribution is 0.473. The number of aryl methyl sites for hydroxylation is 1. The molecule has 6 nitrogen and oxygen atoms in total. The Bertz CT molecular complexity index is 907. The van der Waals surface area contributed by atoms with Crippen molar-refractivity contribution in [2.24, 2.45) is 12.0 Å². The van der Waals surface area contributed by atoms with Gasteiger partial charge in [0, 0.05) is 63.1 Å². The molecule has 2 heterocycles. The number of para-hydroxylation sites is 1. The molecule has 0 spiro atoms. The largest absolute Gasteiger partial charge is 0.358 e. The highest BCUT2D eigenvalue weighted by Crippen LogP contribution is 2.19. The van der Waals surface area contributed by atoms with E-state index in [4.69, 9.17) is 4.99 Å². The van der Waals surface area contributed by atoms with Gasteiger partial charge in [0.15, 0.2) is 5.96 Å². The minimum absolute atomic E-state index is 0. The second kappa shape index (κ2) is 10.7. The Morgan fingerprint density at radius 2 is 2.07 bits per heavy atom. The first-order valence-corrected chi connectivity index (χ1v) is 10.1. The van der Waals surface area contributed by atoms with Crippen LogP contribution in [0.5, 0.6) is 0 Å². The third kappa shape index (κ3) is 5.98. The number of aliphatic imine (C=N–C) groups is 1. The second-order valence-electron chi connectivity index (χ2n) is 7.59. The number of hydrogen-bond acceptors (Lipinski definition) is 2. The molecular weight excluding hydrogens is 475 g/mol. The van der Waals surface area contributed by atoms with Crippen LogP contribution in [-0.4, -0.2) is 45.8 Å². The summed E-state index contributed by atoms with van der Waals surface area (Å²) in [6, 6.07) is 10.6. The molecule has 0 saturated heterocycles. The van der Waals surface area contributed by atoms with Crippen molar-refractivity contribution in [3.63, 3.8) is 0 Å². The topological polar surface area (TPSA) is 61.2 Å². The van der Waals surface area contributed by atoms with Crippen LogP contribution in [0, 0.1) is 0 Å². The van der Waals surface area contributed by atoms with Crippen LogP contribution in [0.2, 0.25) is 0 Å². The summed E-state index contributed by atoms with van der Waals surface area (Å²) in [5.74, 6) is 1.34. The minimum atomic E-state index is 0. The van der Waals surface area contributed by atoms with E-state index >= 15 is 0 Å². The molecule has 1 aromatic carbocycles. The van der Waals surface area contributed by atoms with E-state index in [1.807, 2.05) is 11.7 Å². The van der Waals surface area contributed by atoms with Gasteiger partial charge in [0.2, 0.25) is 0 Å². The maximum Gasteiger partial charge on any atom is 0.193 e. The van der Waals surface area contributed by atoms with Gasteiger partial charge < -0.3 is 15.2 Å². The van der Waals surface area contributed by atoms with Gasteiger partial charge in [-0.2, -0.15) is 5.10 Å². The van der Waals surface area contributed by atoms with Crippen molar-refractivity contribution in [1.82, 2.24) is 25.0 Å². The molecule has 158 valence electrons. The van der Waals surface area contributed by atoms with Gasteiger partial charge in [-0.1, -0.05) is 32.0 Å². The molecule has 2 aromatic heterocycles. The summed E-state index contributed by atoms with van der Waals surface area (Å²) in [4.78, 5) is 10.5. The zero-order valence-electron chi connectivity index (χ0n) is 18.1. The number of H-pyrrole nitrogens is 1. The molecule has 2 N–H and O–H groups in total. The molecule has 0 aliphatic heterocycles. The average Bonchev–Trinajstić information content (AvgIpc) is 3.23. The highest BCUT2D eigenvalue weighted by molar-refractivity contribution is 14.0. The van der Waals surface area contributed by atoms with Gasteiger partial charge in [0.05, 0.1) is 5.69 Å². The summed E-state index contributed by atoms with van der Waals surface area (Å²) in [6.45, 7) is 8.85. The predicted molar refractivity (Wildman–Crippen MR) is 132 cm³/mol. The quantitative estimate of drug-likeness (QED) is 0.285. The molecule has 0 amide bonds. The molecule has 29 heavy (non-hydrogen) atoms. The van der Waals surface area contributed by atoms with Crippen molar-refractivity contribution in [3.8, 4) is 0 Å². The number of halogens is 1. The minimum Gasteiger partial charge on any atom is -0.358 e. The van der Waals surface area contributed by atoms with E-state index in [-0.39, 0.29) is 24.0 Å². The van der Waals surface area contributed by atoms with Gasteiger partial charge in [-0.3, -0.25) is 9.67 Å². The van der Waals surface area contributed by atoms with Crippen molar-refractivity contribution in [3.05, 3.63) is 53.5 Å². The van der Waals surface area contributed by atoms with Crippen LogP contribution in [0.25, 0.3) is 10.9 Å². The first-order chi connectivity index (χ1) is 13.5. The number of nitrogens with zero attached hydrogens (tertiary/aromatic N) is 4. The summed E-state index contributed by atoms with van der Waals surface area (Å²) in [5, 5.41) is 9.28. The highest BCUT2D eigenvalue weighted by atomic mass is 127. The molecule has 0 aliphatic rings. The molecule has 0 unspecified atom stereocenters. The van der Waals surface area contributed by atoms with Gasteiger partial charge >= 0.3 is 0 Å². The van der Waals surface area contributed by atoms with Gasteiger partial charge in [-0.05, 0) is 30.4 Å². The normalized spacial score (nSPS) is 11.7. The Hall–Kier alpha value is -2.03. The Morgan fingerprint density at radius 1 is 1.31 bits per heavy atom. The monoisotopic (exact) mass is 508 g/mol.